The summed E-state index contributed by atoms with van der Waals surface area (Å²) in [6.07, 6.45) is 1.54. The number of hydrogen-bond acceptors (Lipinski definition) is 6. The smallest absolute Gasteiger partial charge is 0.251 e. The van der Waals surface area contributed by atoms with Crippen molar-refractivity contribution in [3.63, 3.8) is 0 Å². The molecular formula is C26H35N3O6S. The summed E-state index contributed by atoms with van der Waals surface area (Å²) in [5.74, 6) is -0.238. The fraction of sp³-hybridized carbons (Fsp3) is 0.462. The number of carbonyl (C=O) groups is 2. The summed E-state index contributed by atoms with van der Waals surface area (Å²) in [6.45, 7) is 3.38. The van der Waals surface area contributed by atoms with Crippen LogP contribution in [0, 0.1) is 12.8 Å². The number of amides is 2. The van der Waals surface area contributed by atoms with E-state index in [4.69, 9.17) is 9.47 Å². The highest BCUT2D eigenvalue weighted by Gasteiger charge is 2.36. The van der Waals surface area contributed by atoms with Crippen molar-refractivity contribution < 1.29 is 27.5 Å². The van der Waals surface area contributed by atoms with Gasteiger partial charge < -0.3 is 20.1 Å². The number of carbonyl (C=O) groups excluding carboxylic acids is 2. The van der Waals surface area contributed by atoms with Crippen molar-refractivity contribution in [2.45, 2.75) is 37.1 Å². The van der Waals surface area contributed by atoms with Gasteiger partial charge in [-0.15, -0.1) is 0 Å². The predicted octanol–water partition coefficient (Wildman–Crippen LogP) is 2.36. The standard InChI is InChI=1S/C26H35N3O6S/c1-19-5-11-23(12-6-19)36(32,33)29-16-13-20(14-17-29)24(26(31)27-15-4-18-34-2)28-25(30)21-7-9-22(35-3)10-8-21/h5-12,20,24H,4,13-18H2,1-3H3,(H,27,31)(H,28,30). The lowest BCUT2D eigenvalue weighted by Crippen LogP contribution is -2.54. The summed E-state index contributed by atoms with van der Waals surface area (Å²) in [6, 6.07) is 12.6. The molecule has 0 aromatic heterocycles. The minimum Gasteiger partial charge on any atom is -0.497 e. The molecular weight excluding hydrogens is 482 g/mol. The van der Waals surface area contributed by atoms with Crippen LogP contribution in [-0.2, 0) is 19.6 Å². The van der Waals surface area contributed by atoms with Crippen LogP contribution in [0.4, 0.5) is 0 Å². The second kappa shape index (κ2) is 12.8. The van der Waals surface area contributed by atoms with E-state index >= 15 is 0 Å². The molecule has 9 nitrogen and oxygen atoms in total. The molecule has 2 aromatic rings. The molecule has 1 saturated heterocycles. The third-order valence-corrected chi connectivity index (χ3v) is 8.29. The van der Waals surface area contributed by atoms with Gasteiger partial charge in [-0.3, -0.25) is 9.59 Å². The number of hydrogen-bond donors (Lipinski definition) is 2. The molecule has 2 amide bonds. The third-order valence-electron chi connectivity index (χ3n) is 6.37. The molecule has 2 N–H and O–H groups in total. The summed E-state index contributed by atoms with van der Waals surface area (Å²) in [5, 5.41) is 5.76. The minimum absolute atomic E-state index is 0.209. The van der Waals surface area contributed by atoms with Gasteiger partial charge in [-0.25, -0.2) is 8.42 Å². The van der Waals surface area contributed by atoms with E-state index in [0.717, 1.165) is 5.56 Å². The van der Waals surface area contributed by atoms with Crippen molar-refractivity contribution in [1.29, 1.82) is 0 Å². The van der Waals surface area contributed by atoms with E-state index in [-0.39, 0.29) is 35.7 Å². The Hall–Kier alpha value is -2.95. The maximum absolute atomic E-state index is 13.1. The number of sulfonamides is 1. The molecule has 0 aliphatic carbocycles. The molecule has 1 unspecified atom stereocenters. The van der Waals surface area contributed by atoms with Crippen molar-refractivity contribution in [3.8, 4) is 5.75 Å². The van der Waals surface area contributed by atoms with E-state index in [1.54, 1.807) is 62.8 Å². The van der Waals surface area contributed by atoms with Gasteiger partial charge in [-0.1, -0.05) is 17.7 Å². The molecule has 1 aliphatic heterocycles. The highest BCUT2D eigenvalue weighted by Crippen LogP contribution is 2.26. The third kappa shape index (κ3) is 7.05. The van der Waals surface area contributed by atoms with Gasteiger partial charge in [0.15, 0.2) is 0 Å². The lowest BCUT2D eigenvalue weighted by Gasteiger charge is -2.35. The molecule has 10 heteroatoms. The van der Waals surface area contributed by atoms with Gasteiger partial charge in [0, 0.05) is 38.9 Å². The van der Waals surface area contributed by atoms with Crippen molar-refractivity contribution in [2.75, 3.05) is 40.5 Å². The van der Waals surface area contributed by atoms with Gasteiger partial charge in [0.25, 0.3) is 5.91 Å². The van der Waals surface area contributed by atoms with Gasteiger partial charge in [0.05, 0.1) is 12.0 Å². The number of nitrogens with zero attached hydrogens (tertiary/aromatic N) is 1. The Labute approximate surface area is 213 Å². The first-order valence-corrected chi connectivity index (χ1v) is 13.5. The van der Waals surface area contributed by atoms with Gasteiger partial charge in [-0.05, 0) is 68.5 Å². The van der Waals surface area contributed by atoms with Crippen LogP contribution in [0.2, 0.25) is 0 Å². The largest absolute Gasteiger partial charge is 0.497 e. The van der Waals surface area contributed by atoms with Crippen LogP contribution < -0.4 is 15.4 Å². The molecule has 1 fully saturated rings. The SMILES string of the molecule is COCCCNC(=O)C(NC(=O)c1ccc(OC)cc1)C1CCN(S(=O)(=O)c2ccc(C)cc2)CC1. The zero-order valence-electron chi connectivity index (χ0n) is 21.0. The Kier molecular flexibility index (Phi) is 9.86. The number of aryl methyl sites for hydroxylation is 1. The Bertz CT molecular complexity index is 1110. The van der Waals surface area contributed by atoms with E-state index < -0.39 is 16.1 Å². The lowest BCUT2D eigenvalue weighted by atomic mass is 9.89. The Morgan fingerprint density at radius 3 is 2.25 bits per heavy atom. The first kappa shape index (κ1) is 27.6. The van der Waals surface area contributed by atoms with Crippen molar-refractivity contribution in [2.24, 2.45) is 5.92 Å². The van der Waals surface area contributed by atoms with Gasteiger partial charge in [0.2, 0.25) is 15.9 Å². The average molecular weight is 518 g/mol. The summed E-state index contributed by atoms with van der Waals surface area (Å²) < 4.78 is 37.8. The molecule has 1 atom stereocenters. The highest BCUT2D eigenvalue weighted by molar-refractivity contribution is 7.89. The Morgan fingerprint density at radius 1 is 1.03 bits per heavy atom. The van der Waals surface area contributed by atoms with E-state index in [2.05, 4.69) is 10.6 Å². The Morgan fingerprint density at radius 2 is 1.67 bits per heavy atom. The second-order valence-electron chi connectivity index (χ2n) is 8.87. The first-order chi connectivity index (χ1) is 17.3. The number of rotatable bonds is 11. The average Bonchev–Trinajstić information content (AvgIpc) is 2.90. The summed E-state index contributed by atoms with van der Waals surface area (Å²) in [5.41, 5.74) is 1.40. The monoisotopic (exact) mass is 517 g/mol. The molecule has 2 aromatic carbocycles. The molecule has 0 radical (unpaired) electrons. The molecule has 0 spiro atoms. The minimum atomic E-state index is -3.62. The molecule has 36 heavy (non-hydrogen) atoms. The summed E-state index contributed by atoms with van der Waals surface area (Å²) in [7, 11) is -0.480. The van der Waals surface area contributed by atoms with Crippen LogP contribution >= 0.6 is 0 Å². The van der Waals surface area contributed by atoms with E-state index in [0.29, 0.717) is 43.7 Å². The van der Waals surface area contributed by atoms with Crippen LogP contribution in [0.15, 0.2) is 53.4 Å². The van der Waals surface area contributed by atoms with Gasteiger partial charge >= 0.3 is 0 Å². The predicted molar refractivity (Wildman–Crippen MR) is 136 cm³/mol. The fourth-order valence-corrected chi connectivity index (χ4v) is 5.68. The summed E-state index contributed by atoms with van der Waals surface area (Å²) in [4.78, 5) is 26.3. The quantitative estimate of drug-likeness (QED) is 0.443. The molecule has 1 heterocycles. The zero-order chi connectivity index (χ0) is 26.1. The Balaban J connectivity index is 1.70. The number of ether oxygens (including phenoxy) is 2. The zero-order valence-corrected chi connectivity index (χ0v) is 21.8. The first-order valence-electron chi connectivity index (χ1n) is 12.0. The second-order valence-corrected chi connectivity index (χ2v) is 10.8. The van der Waals surface area contributed by atoms with Gasteiger partial charge in [0.1, 0.15) is 11.8 Å². The van der Waals surface area contributed by atoms with Crippen LogP contribution in [0.3, 0.4) is 0 Å². The number of benzene rings is 2. The van der Waals surface area contributed by atoms with Crippen molar-refractivity contribution >= 4 is 21.8 Å². The van der Waals surface area contributed by atoms with E-state index in [9.17, 15) is 18.0 Å². The number of piperidine rings is 1. The van der Waals surface area contributed by atoms with Crippen LogP contribution in [0.1, 0.15) is 35.2 Å². The highest BCUT2D eigenvalue weighted by atomic mass is 32.2. The number of methoxy groups -OCH3 is 2. The van der Waals surface area contributed by atoms with Crippen LogP contribution in [-0.4, -0.2) is 71.0 Å². The number of nitrogens with one attached hydrogen (secondary N) is 2. The maximum Gasteiger partial charge on any atom is 0.251 e. The van der Waals surface area contributed by atoms with E-state index in [1.807, 2.05) is 6.92 Å². The molecule has 1 aliphatic rings. The molecule has 196 valence electrons. The molecule has 0 bridgehead atoms. The topological polar surface area (TPSA) is 114 Å². The normalized spacial score (nSPS) is 15.8. The molecule has 3 rings (SSSR count). The van der Waals surface area contributed by atoms with E-state index in [1.165, 1.54) is 4.31 Å². The van der Waals surface area contributed by atoms with Crippen molar-refractivity contribution in [1.82, 2.24) is 14.9 Å². The van der Waals surface area contributed by atoms with Gasteiger partial charge in [-0.2, -0.15) is 4.31 Å². The lowest BCUT2D eigenvalue weighted by molar-refractivity contribution is -0.124. The molecule has 0 saturated carbocycles. The fourth-order valence-electron chi connectivity index (χ4n) is 4.21. The summed E-state index contributed by atoms with van der Waals surface area (Å²) >= 11 is 0. The van der Waals surface area contributed by atoms with Crippen LogP contribution in [0.25, 0.3) is 0 Å². The maximum atomic E-state index is 13.1. The van der Waals surface area contributed by atoms with Crippen LogP contribution in [0.5, 0.6) is 5.75 Å². The van der Waals surface area contributed by atoms with Crippen molar-refractivity contribution in [3.05, 3.63) is 59.7 Å².